The van der Waals surface area contributed by atoms with Crippen molar-refractivity contribution in [1.82, 2.24) is 16.0 Å². The Kier molecular flexibility index (Phi) is 15.2. The second-order valence-corrected chi connectivity index (χ2v) is 10.7. The zero-order valence-corrected chi connectivity index (χ0v) is 24.3. The van der Waals surface area contributed by atoms with Crippen LogP contribution in [0.3, 0.4) is 0 Å². The third kappa shape index (κ3) is 15.0. The molecule has 42 heavy (non-hydrogen) atoms. The molecule has 1 aromatic rings. The molecule has 1 unspecified atom stereocenters. The van der Waals surface area contributed by atoms with Gasteiger partial charge >= 0.3 is 25.3 Å². The van der Waals surface area contributed by atoms with Crippen molar-refractivity contribution in [2.45, 2.75) is 97.6 Å². The number of ether oxygens (including phenoxy) is 4. The predicted molar refractivity (Wildman–Crippen MR) is 141 cm³/mol. The minimum absolute atomic E-state index is 0.0255. The molecule has 0 spiro atoms. The van der Waals surface area contributed by atoms with Gasteiger partial charge in [0.1, 0.15) is 24.3 Å². The molecule has 11 nitrogen and oxygen atoms in total. The summed E-state index contributed by atoms with van der Waals surface area (Å²) >= 11 is 0. The number of carbonyl (C=O) groups excluding carboxylic acids is 4. The van der Waals surface area contributed by atoms with Crippen LogP contribution in [-0.2, 0) is 39.9 Å². The molecular formula is C27H39F4N3O8. The van der Waals surface area contributed by atoms with Gasteiger partial charge in [0.05, 0.1) is 12.7 Å². The quantitative estimate of drug-likeness (QED) is 0.191. The molecule has 0 saturated heterocycles. The lowest BCUT2D eigenvalue weighted by Gasteiger charge is -2.28. The second-order valence-electron chi connectivity index (χ2n) is 10.7. The first-order valence-corrected chi connectivity index (χ1v) is 13.1. The van der Waals surface area contributed by atoms with Gasteiger partial charge in [-0.05, 0) is 45.6 Å². The van der Waals surface area contributed by atoms with E-state index in [1.807, 2.05) is 0 Å². The number of amides is 3. The van der Waals surface area contributed by atoms with Gasteiger partial charge in [-0.3, -0.25) is 9.59 Å². The van der Waals surface area contributed by atoms with Gasteiger partial charge in [0, 0.05) is 0 Å². The topological polar surface area (TPSA) is 141 Å². The molecular weight excluding hydrogens is 570 g/mol. The highest BCUT2D eigenvalue weighted by atomic mass is 19.3. The Morgan fingerprint density at radius 1 is 0.833 bits per heavy atom. The van der Waals surface area contributed by atoms with E-state index in [9.17, 15) is 36.7 Å². The van der Waals surface area contributed by atoms with E-state index in [1.165, 1.54) is 0 Å². The van der Waals surface area contributed by atoms with E-state index in [0.717, 1.165) is 6.92 Å². The number of alkyl halides is 4. The highest BCUT2D eigenvalue weighted by Gasteiger charge is 2.35. The maximum atomic E-state index is 13.3. The van der Waals surface area contributed by atoms with Crippen LogP contribution in [0.15, 0.2) is 30.3 Å². The van der Waals surface area contributed by atoms with Crippen LogP contribution in [-0.4, -0.2) is 73.5 Å². The third-order valence-electron chi connectivity index (χ3n) is 5.30. The van der Waals surface area contributed by atoms with E-state index in [4.69, 9.17) is 9.47 Å². The maximum Gasteiger partial charge on any atom is 0.408 e. The van der Waals surface area contributed by atoms with Gasteiger partial charge in [-0.2, -0.15) is 17.6 Å². The predicted octanol–water partition coefficient (Wildman–Crippen LogP) is 3.51. The lowest BCUT2D eigenvalue weighted by atomic mass is 10.0. The fourth-order valence-corrected chi connectivity index (χ4v) is 3.46. The summed E-state index contributed by atoms with van der Waals surface area (Å²) in [5, 5.41) is 6.73. The van der Waals surface area contributed by atoms with Crippen LogP contribution in [0.1, 0.15) is 53.5 Å². The van der Waals surface area contributed by atoms with Crippen molar-refractivity contribution in [3.63, 3.8) is 0 Å². The zero-order chi connectivity index (χ0) is 32.0. The molecule has 0 aliphatic rings. The van der Waals surface area contributed by atoms with Crippen LogP contribution in [0.2, 0.25) is 0 Å². The van der Waals surface area contributed by atoms with Crippen molar-refractivity contribution in [1.29, 1.82) is 0 Å². The molecule has 1 aromatic carbocycles. The summed E-state index contributed by atoms with van der Waals surface area (Å²) in [5.74, 6) is -3.37. The van der Waals surface area contributed by atoms with Gasteiger partial charge in [0.15, 0.2) is 6.04 Å². The summed E-state index contributed by atoms with van der Waals surface area (Å²) in [6.07, 6.45) is -2.68. The molecule has 4 atom stereocenters. The fourth-order valence-electron chi connectivity index (χ4n) is 3.46. The van der Waals surface area contributed by atoms with Crippen molar-refractivity contribution in [2.75, 3.05) is 6.61 Å². The molecule has 0 aromatic heterocycles. The molecule has 15 heteroatoms. The highest BCUT2D eigenvalue weighted by molar-refractivity contribution is 5.93. The number of halogens is 4. The Hall–Kier alpha value is -3.46. The number of alkyl carbamates (subject to hydrolysis) is 1. The number of nitrogens with one attached hydrogen (secondary N) is 3. The molecule has 3 N–H and O–H groups in total. The number of hydrogen-bond donors (Lipinski definition) is 3. The SMILES string of the molecule is CC(C)C[C@H](NC(=O)C(COC(F)F)NC(=O)OC(C)(C)C)C(=O)N[C@H](C(=O)OCc1ccccc1)[C@@H](C)OC(F)F. The highest BCUT2D eigenvalue weighted by Crippen LogP contribution is 2.13. The lowest BCUT2D eigenvalue weighted by Crippen LogP contribution is -2.59. The van der Waals surface area contributed by atoms with Gasteiger partial charge in [-0.25, -0.2) is 9.59 Å². The number of carbonyl (C=O) groups is 4. The maximum absolute atomic E-state index is 13.3. The molecule has 0 aliphatic heterocycles. The number of benzene rings is 1. The van der Waals surface area contributed by atoms with E-state index < -0.39 is 73.5 Å². The van der Waals surface area contributed by atoms with E-state index in [2.05, 4.69) is 25.4 Å². The van der Waals surface area contributed by atoms with E-state index in [0.29, 0.717) is 5.56 Å². The molecule has 0 heterocycles. The summed E-state index contributed by atoms with van der Waals surface area (Å²) in [5.41, 5.74) is -0.381. The van der Waals surface area contributed by atoms with Crippen molar-refractivity contribution in [2.24, 2.45) is 5.92 Å². The standard InChI is InChI=1S/C27H39F4N3O8/c1-15(2)12-18(32-22(36)19(14-40-24(28)29)33-26(38)42-27(4,5)6)21(35)34-20(16(3)41-25(30)31)23(37)39-13-17-10-8-7-9-11-17/h7-11,15-16,18-20,24-25H,12-14H2,1-6H3,(H,32,36)(H,33,38)(H,34,35)/t16-,18+,19?,20+/m1/s1. The summed E-state index contributed by atoms with van der Waals surface area (Å²) in [6, 6.07) is 3.65. The Labute approximate surface area is 242 Å². The first-order valence-electron chi connectivity index (χ1n) is 13.1. The van der Waals surface area contributed by atoms with Crippen LogP contribution in [0.25, 0.3) is 0 Å². The van der Waals surface area contributed by atoms with Crippen LogP contribution in [0.4, 0.5) is 22.4 Å². The number of rotatable bonds is 16. The molecule has 0 fully saturated rings. The van der Waals surface area contributed by atoms with Crippen molar-refractivity contribution < 1.29 is 55.7 Å². The van der Waals surface area contributed by atoms with Gasteiger partial charge < -0.3 is 34.9 Å². The summed E-state index contributed by atoms with van der Waals surface area (Å²) in [7, 11) is 0. The average Bonchev–Trinajstić information content (AvgIpc) is 2.86. The lowest BCUT2D eigenvalue weighted by molar-refractivity contribution is -0.179. The smallest absolute Gasteiger partial charge is 0.408 e. The largest absolute Gasteiger partial charge is 0.459 e. The van der Waals surface area contributed by atoms with Gasteiger partial charge in [0.25, 0.3) is 0 Å². The van der Waals surface area contributed by atoms with Crippen molar-refractivity contribution >= 4 is 23.9 Å². The Balaban J connectivity index is 3.12. The van der Waals surface area contributed by atoms with Crippen LogP contribution >= 0.6 is 0 Å². The van der Waals surface area contributed by atoms with E-state index in [1.54, 1.807) is 65.0 Å². The van der Waals surface area contributed by atoms with Crippen LogP contribution in [0.5, 0.6) is 0 Å². The van der Waals surface area contributed by atoms with Crippen LogP contribution in [0, 0.1) is 5.92 Å². The van der Waals surface area contributed by atoms with Gasteiger partial charge in [-0.1, -0.05) is 44.2 Å². The first-order chi connectivity index (χ1) is 19.5. The first kappa shape index (κ1) is 36.6. The Bertz CT molecular complexity index is 1010. The average molecular weight is 610 g/mol. The summed E-state index contributed by atoms with van der Waals surface area (Å²) in [6.45, 7) is 1.43. The third-order valence-corrected chi connectivity index (χ3v) is 5.30. The minimum atomic E-state index is -3.28. The molecule has 0 saturated carbocycles. The second kappa shape index (κ2) is 17.5. The summed E-state index contributed by atoms with van der Waals surface area (Å²) < 4.78 is 70.2. The molecule has 1 rings (SSSR count). The Morgan fingerprint density at radius 3 is 1.95 bits per heavy atom. The molecule has 3 amide bonds. The zero-order valence-electron chi connectivity index (χ0n) is 24.3. The fraction of sp³-hybridized carbons (Fsp3) is 0.630. The molecule has 238 valence electrons. The van der Waals surface area contributed by atoms with E-state index >= 15 is 0 Å². The van der Waals surface area contributed by atoms with E-state index in [-0.39, 0.29) is 18.9 Å². The molecule has 0 aliphatic carbocycles. The summed E-state index contributed by atoms with van der Waals surface area (Å²) in [4.78, 5) is 51.3. The normalized spacial score (nSPS) is 14.6. The molecule has 0 bridgehead atoms. The minimum Gasteiger partial charge on any atom is -0.459 e. The number of esters is 1. The molecule has 0 radical (unpaired) electrons. The van der Waals surface area contributed by atoms with Crippen molar-refractivity contribution in [3.05, 3.63) is 35.9 Å². The van der Waals surface area contributed by atoms with Gasteiger partial charge in [-0.15, -0.1) is 0 Å². The number of hydrogen-bond acceptors (Lipinski definition) is 8. The van der Waals surface area contributed by atoms with Crippen molar-refractivity contribution in [3.8, 4) is 0 Å². The van der Waals surface area contributed by atoms with Crippen LogP contribution < -0.4 is 16.0 Å². The Morgan fingerprint density at radius 2 is 1.43 bits per heavy atom. The monoisotopic (exact) mass is 609 g/mol. The van der Waals surface area contributed by atoms with Gasteiger partial charge in [0.2, 0.25) is 11.8 Å².